The van der Waals surface area contributed by atoms with Crippen LogP contribution in [-0.2, 0) is 4.79 Å². The number of likely N-dealkylation sites (tertiary alicyclic amines) is 1. The van der Waals surface area contributed by atoms with Crippen LogP contribution >= 0.6 is 0 Å². The topological polar surface area (TPSA) is 46.3 Å². The maximum atomic E-state index is 12.7. The third kappa shape index (κ3) is 3.30. The van der Waals surface area contributed by atoms with Crippen LogP contribution in [0, 0.1) is 5.92 Å². The predicted octanol–water partition coefficient (Wildman–Crippen LogP) is 2.49. The summed E-state index contributed by atoms with van der Waals surface area (Å²) in [6.07, 6.45) is -3.82. The van der Waals surface area contributed by atoms with Crippen molar-refractivity contribution in [3.63, 3.8) is 0 Å². The van der Waals surface area contributed by atoms with Crippen molar-refractivity contribution in [1.29, 1.82) is 0 Å². The second-order valence-electron chi connectivity index (χ2n) is 5.05. The van der Waals surface area contributed by atoms with Gasteiger partial charge in [-0.25, -0.2) is 0 Å². The molecule has 1 aliphatic rings. The molecule has 0 radical (unpaired) electrons. The number of hydrogen-bond donors (Lipinski definition) is 1. The number of rotatable bonds is 2. The molecule has 2 atom stereocenters. The van der Waals surface area contributed by atoms with Crippen molar-refractivity contribution in [3.05, 3.63) is 35.9 Å². The summed E-state index contributed by atoms with van der Waals surface area (Å²) in [5.41, 5.74) is 6.47. The molecule has 1 aromatic rings. The fraction of sp³-hybridized carbons (Fsp3) is 0.500. The highest BCUT2D eigenvalue weighted by Crippen LogP contribution is 2.33. The average Bonchev–Trinajstić information content (AvgIpc) is 2.46. The molecule has 1 amide bonds. The van der Waals surface area contributed by atoms with Crippen LogP contribution in [0.4, 0.5) is 13.2 Å². The van der Waals surface area contributed by atoms with E-state index in [2.05, 4.69) is 0 Å². The molecule has 3 nitrogen and oxygen atoms in total. The lowest BCUT2D eigenvalue weighted by molar-refractivity contribution is -0.188. The second-order valence-corrected chi connectivity index (χ2v) is 5.05. The monoisotopic (exact) mass is 286 g/mol. The number of halogens is 3. The lowest BCUT2D eigenvalue weighted by Crippen LogP contribution is -2.47. The molecule has 2 rings (SSSR count). The number of carbonyl (C=O) groups is 1. The number of nitrogens with zero attached hydrogens (tertiary/aromatic N) is 1. The molecule has 1 aliphatic heterocycles. The van der Waals surface area contributed by atoms with Gasteiger partial charge in [-0.3, -0.25) is 4.79 Å². The highest BCUT2D eigenvalue weighted by Gasteiger charge is 2.43. The Morgan fingerprint density at radius 2 is 1.95 bits per heavy atom. The largest absolute Gasteiger partial charge is 0.393 e. The summed E-state index contributed by atoms with van der Waals surface area (Å²) in [6, 6.07) is 7.79. The van der Waals surface area contributed by atoms with E-state index in [1.807, 2.05) is 0 Å². The number of carbonyl (C=O) groups excluding carboxylic acids is 1. The zero-order chi connectivity index (χ0) is 14.8. The standard InChI is InChI=1S/C14H17F3N2O/c15-14(16,17)11-7-4-8-19(9-11)13(20)12(18)10-5-2-1-3-6-10/h1-3,5-6,11-12H,4,7-9,18H2. The zero-order valence-corrected chi connectivity index (χ0v) is 10.9. The van der Waals surface area contributed by atoms with E-state index in [1.165, 1.54) is 4.90 Å². The van der Waals surface area contributed by atoms with Crippen molar-refractivity contribution in [3.8, 4) is 0 Å². The fourth-order valence-corrected chi connectivity index (χ4v) is 2.44. The third-order valence-corrected chi connectivity index (χ3v) is 3.62. The Balaban J connectivity index is 2.05. The minimum atomic E-state index is -4.25. The molecule has 2 unspecified atom stereocenters. The van der Waals surface area contributed by atoms with E-state index < -0.39 is 24.0 Å². The van der Waals surface area contributed by atoms with Gasteiger partial charge in [0.05, 0.1) is 5.92 Å². The minimum Gasteiger partial charge on any atom is -0.340 e. The first-order valence-electron chi connectivity index (χ1n) is 6.55. The van der Waals surface area contributed by atoms with E-state index in [0.29, 0.717) is 18.5 Å². The first-order valence-corrected chi connectivity index (χ1v) is 6.55. The first kappa shape index (κ1) is 14.8. The molecule has 1 aromatic carbocycles. The molecule has 20 heavy (non-hydrogen) atoms. The summed E-state index contributed by atoms with van der Waals surface area (Å²) < 4.78 is 38.2. The Morgan fingerprint density at radius 1 is 1.30 bits per heavy atom. The zero-order valence-electron chi connectivity index (χ0n) is 10.9. The van der Waals surface area contributed by atoms with Crippen molar-refractivity contribution in [2.24, 2.45) is 11.7 Å². The van der Waals surface area contributed by atoms with E-state index in [1.54, 1.807) is 30.3 Å². The number of alkyl halides is 3. The fourth-order valence-electron chi connectivity index (χ4n) is 2.44. The molecule has 1 fully saturated rings. The molecule has 6 heteroatoms. The molecular weight excluding hydrogens is 269 g/mol. The van der Waals surface area contributed by atoms with Crippen LogP contribution < -0.4 is 5.73 Å². The van der Waals surface area contributed by atoms with Crippen LogP contribution in [0.15, 0.2) is 30.3 Å². The number of hydrogen-bond acceptors (Lipinski definition) is 2. The Morgan fingerprint density at radius 3 is 2.55 bits per heavy atom. The summed E-state index contributed by atoms with van der Waals surface area (Å²) in [5, 5.41) is 0. The number of amides is 1. The highest BCUT2D eigenvalue weighted by molar-refractivity contribution is 5.83. The van der Waals surface area contributed by atoms with Gasteiger partial charge in [0.15, 0.2) is 0 Å². The summed E-state index contributed by atoms with van der Waals surface area (Å²) in [6.45, 7) is 0.0504. The van der Waals surface area contributed by atoms with Crippen LogP contribution in [0.3, 0.4) is 0 Å². The quantitative estimate of drug-likeness (QED) is 0.908. The van der Waals surface area contributed by atoms with Crippen LogP contribution in [-0.4, -0.2) is 30.1 Å². The van der Waals surface area contributed by atoms with Gasteiger partial charge >= 0.3 is 6.18 Å². The molecule has 0 saturated carbocycles. The van der Waals surface area contributed by atoms with Crippen molar-refractivity contribution in [1.82, 2.24) is 4.90 Å². The van der Waals surface area contributed by atoms with Crippen molar-refractivity contribution in [2.45, 2.75) is 25.1 Å². The molecule has 1 saturated heterocycles. The number of nitrogens with two attached hydrogens (primary N) is 1. The SMILES string of the molecule is NC(C(=O)N1CCCC(C(F)(F)F)C1)c1ccccc1. The number of benzene rings is 1. The Hall–Kier alpha value is -1.56. The molecule has 110 valence electrons. The summed E-state index contributed by atoms with van der Waals surface area (Å²) in [4.78, 5) is 13.4. The Kier molecular flexibility index (Phi) is 4.32. The van der Waals surface area contributed by atoms with Gasteiger partial charge in [0.25, 0.3) is 0 Å². The summed E-state index contributed by atoms with van der Waals surface area (Å²) in [5.74, 6) is -1.88. The minimum absolute atomic E-state index is 0.0772. The van der Waals surface area contributed by atoms with Gasteiger partial charge in [0.2, 0.25) is 5.91 Å². The van der Waals surface area contributed by atoms with Gasteiger partial charge < -0.3 is 10.6 Å². The van der Waals surface area contributed by atoms with Crippen molar-refractivity contribution >= 4 is 5.91 Å². The van der Waals surface area contributed by atoms with Gasteiger partial charge in [-0.1, -0.05) is 30.3 Å². The molecule has 0 spiro atoms. The maximum Gasteiger partial charge on any atom is 0.393 e. The first-order chi connectivity index (χ1) is 9.39. The normalized spacial score (nSPS) is 21.6. The van der Waals surface area contributed by atoms with Gasteiger partial charge in [-0.2, -0.15) is 13.2 Å². The molecule has 0 bridgehead atoms. The average molecular weight is 286 g/mol. The van der Waals surface area contributed by atoms with Crippen molar-refractivity contribution in [2.75, 3.05) is 13.1 Å². The van der Waals surface area contributed by atoms with E-state index in [4.69, 9.17) is 5.73 Å². The summed E-state index contributed by atoms with van der Waals surface area (Å²) >= 11 is 0. The lowest BCUT2D eigenvalue weighted by atomic mass is 9.96. The van der Waals surface area contributed by atoms with Gasteiger partial charge in [-0.15, -0.1) is 0 Å². The van der Waals surface area contributed by atoms with E-state index in [-0.39, 0.29) is 13.0 Å². The lowest BCUT2D eigenvalue weighted by Gasteiger charge is -2.35. The molecular formula is C14H17F3N2O. The van der Waals surface area contributed by atoms with E-state index >= 15 is 0 Å². The third-order valence-electron chi connectivity index (χ3n) is 3.62. The Bertz CT molecular complexity index is 461. The smallest absolute Gasteiger partial charge is 0.340 e. The van der Waals surface area contributed by atoms with Crippen LogP contribution in [0.5, 0.6) is 0 Å². The molecule has 0 aliphatic carbocycles. The maximum absolute atomic E-state index is 12.7. The van der Waals surface area contributed by atoms with Crippen molar-refractivity contribution < 1.29 is 18.0 Å². The van der Waals surface area contributed by atoms with Crippen LogP contribution in [0.2, 0.25) is 0 Å². The molecule has 2 N–H and O–H groups in total. The van der Waals surface area contributed by atoms with Gasteiger partial charge in [-0.05, 0) is 18.4 Å². The highest BCUT2D eigenvalue weighted by atomic mass is 19.4. The van der Waals surface area contributed by atoms with Crippen LogP contribution in [0.25, 0.3) is 0 Å². The number of piperidine rings is 1. The predicted molar refractivity (Wildman–Crippen MR) is 68.7 cm³/mol. The molecule has 1 heterocycles. The van der Waals surface area contributed by atoms with E-state index in [0.717, 1.165) is 0 Å². The van der Waals surface area contributed by atoms with E-state index in [9.17, 15) is 18.0 Å². The van der Waals surface area contributed by atoms with Gasteiger partial charge in [0, 0.05) is 13.1 Å². The van der Waals surface area contributed by atoms with Gasteiger partial charge in [0.1, 0.15) is 6.04 Å². The van der Waals surface area contributed by atoms with Crippen LogP contribution in [0.1, 0.15) is 24.4 Å². The summed E-state index contributed by atoms with van der Waals surface area (Å²) in [7, 11) is 0. The Labute approximate surface area is 115 Å². The second kappa shape index (κ2) is 5.83. The molecule has 0 aromatic heterocycles.